The summed E-state index contributed by atoms with van der Waals surface area (Å²) in [5.74, 6) is 0.540. The molecule has 0 spiro atoms. The van der Waals surface area contributed by atoms with Crippen molar-refractivity contribution in [3.8, 4) is 11.8 Å². The topological polar surface area (TPSA) is 67.2 Å². The Hall–Kier alpha value is -2.58. The molecule has 2 atom stereocenters. The van der Waals surface area contributed by atoms with Gasteiger partial charge in [-0.3, -0.25) is 0 Å². The third kappa shape index (κ3) is 3.50. The average Bonchev–Trinajstić information content (AvgIpc) is 2.66. The number of sulfone groups is 1. The second kappa shape index (κ2) is 7.21. The van der Waals surface area contributed by atoms with Crippen LogP contribution in [0.1, 0.15) is 42.4 Å². The highest BCUT2D eigenvalue weighted by molar-refractivity contribution is 7.93. The zero-order chi connectivity index (χ0) is 18.9. The van der Waals surface area contributed by atoms with Gasteiger partial charge >= 0.3 is 0 Å². The van der Waals surface area contributed by atoms with E-state index in [4.69, 9.17) is 4.74 Å². The van der Waals surface area contributed by atoms with Gasteiger partial charge in [0.1, 0.15) is 18.4 Å². The van der Waals surface area contributed by atoms with Crippen molar-refractivity contribution < 1.29 is 13.2 Å². The van der Waals surface area contributed by atoms with Crippen LogP contribution in [-0.4, -0.2) is 18.9 Å². The number of hydrogen-bond donors (Lipinski definition) is 0. The Morgan fingerprint density at radius 2 is 1.93 bits per heavy atom. The standard InChI is InChI=1S/C22H21NO3S/c23-14-18-10-9-17(13-22(18)26-15-16-5-2-1-3-6-16)19-11-20-7-4-8-21(12-19)27(20,24)25/h1-3,5-6,9-11,13,20-21H,4,7-8,12,15H2. The van der Waals surface area contributed by atoms with Crippen molar-refractivity contribution in [2.75, 3.05) is 0 Å². The summed E-state index contributed by atoms with van der Waals surface area (Å²) in [4.78, 5) is 0. The van der Waals surface area contributed by atoms with Gasteiger partial charge in [-0.1, -0.05) is 48.9 Å². The van der Waals surface area contributed by atoms with E-state index >= 15 is 0 Å². The van der Waals surface area contributed by atoms with E-state index < -0.39 is 9.84 Å². The molecule has 2 aliphatic heterocycles. The molecule has 0 N–H and O–H groups in total. The maximum absolute atomic E-state index is 12.5. The summed E-state index contributed by atoms with van der Waals surface area (Å²) in [7, 11) is -3.04. The molecule has 2 aromatic carbocycles. The van der Waals surface area contributed by atoms with Gasteiger partial charge in [-0.05, 0) is 48.1 Å². The second-order valence-electron chi connectivity index (χ2n) is 7.17. The Morgan fingerprint density at radius 1 is 1.11 bits per heavy atom. The molecule has 1 saturated heterocycles. The third-order valence-electron chi connectivity index (χ3n) is 5.45. The number of benzene rings is 2. The van der Waals surface area contributed by atoms with E-state index in [-0.39, 0.29) is 10.5 Å². The smallest absolute Gasteiger partial charge is 0.159 e. The molecule has 138 valence electrons. The van der Waals surface area contributed by atoms with Crippen LogP contribution in [-0.2, 0) is 16.4 Å². The second-order valence-corrected chi connectivity index (χ2v) is 9.62. The Kier molecular flexibility index (Phi) is 4.75. The Bertz CT molecular complexity index is 1020. The highest BCUT2D eigenvalue weighted by Crippen LogP contribution is 2.40. The van der Waals surface area contributed by atoms with Gasteiger partial charge in [-0.25, -0.2) is 8.42 Å². The first-order valence-corrected chi connectivity index (χ1v) is 10.8. The lowest BCUT2D eigenvalue weighted by Crippen LogP contribution is -2.38. The number of ether oxygens (including phenoxy) is 1. The lowest BCUT2D eigenvalue weighted by Gasteiger charge is -2.33. The van der Waals surface area contributed by atoms with Crippen molar-refractivity contribution in [2.45, 2.75) is 42.8 Å². The number of hydrogen-bond acceptors (Lipinski definition) is 4. The van der Waals surface area contributed by atoms with Gasteiger partial charge in [0.15, 0.2) is 9.84 Å². The molecular formula is C22H21NO3S. The minimum atomic E-state index is -3.04. The molecular weight excluding hydrogens is 358 g/mol. The Morgan fingerprint density at radius 3 is 2.67 bits per heavy atom. The molecule has 0 amide bonds. The number of fused-ring (bicyclic) bond motifs is 2. The molecule has 0 radical (unpaired) electrons. The van der Waals surface area contributed by atoms with Crippen molar-refractivity contribution >= 4 is 15.4 Å². The van der Waals surface area contributed by atoms with Crippen molar-refractivity contribution in [1.29, 1.82) is 5.26 Å². The molecule has 4 rings (SSSR count). The van der Waals surface area contributed by atoms with Gasteiger partial charge in [-0.15, -0.1) is 0 Å². The predicted octanol–water partition coefficient (Wildman–Crippen LogP) is 4.26. The number of rotatable bonds is 4. The summed E-state index contributed by atoms with van der Waals surface area (Å²) in [6.45, 7) is 0.387. The molecule has 0 aliphatic carbocycles. The first-order valence-electron chi connectivity index (χ1n) is 9.22. The Balaban J connectivity index is 1.63. The van der Waals surface area contributed by atoms with E-state index in [1.54, 1.807) is 6.07 Å². The van der Waals surface area contributed by atoms with Crippen LogP contribution in [0.25, 0.3) is 5.57 Å². The predicted molar refractivity (Wildman–Crippen MR) is 105 cm³/mol. The van der Waals surface area contributed by atoms with E-state index in [9.17, 15) is 13.7 Å². The van der Waals surface area contributed by atoms with E-state index in [1.165, 1.54) is 0 Å². The third-order valence-corrected chi connectivity index (χ3v) is 7.99. The summed E-state index contributed by atoms with van der Waals surface area (Å²) in [5.41, 5.74) is 3.51. The van der Waals surface area contributed by atoms with Gasteiger partial charge < -0.3 is 4.74 Å². The van der Waals surface area contributed by atoms with E-state index in [0.717, 1.165) is 29.5 Å². The molecule has 1 fully saturated rings. The zero-order valence-corrected chi connectivity index (χ0v) is 15.8. The summed E-state index contributed by atoms with van der Waals surface area (Å²) in [6, 6.07) is 17.5. The molecule has 2 aromatic rings. The van der Waals surface area contributed by atoms with Gasteiger partial charge in [-0.2, -0.15) is 5.26 Å². The monoisotopic (exact) mass is 379 g/mol. The molecule has 2 bridgehead atoms. The minimum absolute atomic E-state index is 0.277. The van der Waals surface area contributed by atoms with Crippen LogP contribution >= 0.6 is 0 Å². The van der Waals surface area contributed by atoms with Crippen LogP contribution in [0.2, 0.25) is 0 Å². The molecule has 27 heavy (non-hydrogen) atoms. The first kappa shape index (κ1) is 17.8. The van der Waals surface area contributed by atoms with Crippen LogP contribution in [0, 0.1) is 11.3 Å². The fraction of sp³-hybridized carbons (Fsp3) is 0.318. The Labute approximate surface area is 160 Å². The van der Waals surface area contributed by atoms with Crippen LogP contribution in [0.3, 0.4) is 0 Å². The highest BCUT2D eigenvalue weighted by atomic mass is 32.2. The fourth-order valence-corrected chi connectivity index (χ4v) is 6.19. The van der Waals surface area contributed by atoms with Crippen LogP contribution < -0.4 is 4.74 Å². The van der Waals surface area contributed by atoms with E-state index in [1.807, 2.05) is 48.5 Å². The maximum atomic E-state index is 12.5. The van der Waals surface area contributed by atoms with Gasteiger partial charge in [0.25, 0.3) is 0 Å². The van der Waals surface area contributed by atoms with Crippen molar-refractivity contribution in [2.24, 2.45) is 0 Å². The highest BCUT2D eigenvalue weighted by Gasteiger charge is 2.40. The quantitative estimate of drug-likeness (QED) is 0.796. The van der Waals surface area contributed by atoms with Crippen molar-refractivity contribution in [1.82, 2.24) is 0 Å². The fourth-order valence-electron chi connectivity index (χ4n) is 3.94. The van der Waals surface area contributed by atoms with E-state index in [2.05, 4.69) is 6.07 Å². The summed E-state index contributed by atoms with van der Waals surface area (Å²) in [5, 5.41) is 8.74. The van der Waals surface area contributed by atoms with Crippen molar-refractivity contribution in [3.05, 3.63) is 71.3 Å². The number of allylic oxidation sites excluding steroid dienone is 1. The zero-order valence-electron chi connectivity index (χ0n) is 15.0. The van der Waals surface area contributed by atoms with Gasteiger partial charge in [0.05, 0.1) is 16.1 Å². The van der Waals surface area contributed by atoms with Crippen molar-refractivity contribution in [3.63, 3.8) is 0 Å². The van der Waals surface area contributed by atoms with Crippen LogP contribution in [0.4, 0.5) is 0 Å². The molecule has 0 aromatic heterocycles. The lowest BCUT2D eigenvalue weighted by molar-refractivity contribution is 0.305. The first-order chi connectivity index (χ1) is 13.1. The van der Waals surface area contributed by atoms with Crippen LogP contribution in [0.5, 0.6) is 5.75 Å². The number of nitriles is 1. The molecule has 2 aliphatic rings. The molecule has 5 heteroatoms. The SMILES string of the molecule is N#Cc1ccc(C2=CC3CCCC(C2)S3(=O)=O)cc1OCc1ccccc1. The maximum Gasteiger partial charge on any atom is 0.159 e. The summed E-state index contributed by atoms with van der Waals surface area (Å²) in [6.07, 6.45) is 4.87. The molecule has 2 heterocycles. The molecule has 2 unspecified atom stereocenters. The largest absolute Gasteiger partial charge is 0.488 e. The summed E-state index contributed by atoms with van der Waals surface area (Å²) < 4.78 is 30.9. The summed E-state index contributed by atoms with van der Waals surface area (Å²) >= 11 is 0. The normalized spacial score (nSPS) is 23.1. The lowest BCUT2D eigenvalue weighted by atomic mass is 9.92. The molecule has 4 nitrogen and oxygen atoms in total. The number of nitrogens with zero attached hydrogens (tertiary/aromatic N) is 1. The van der Waals surface area contributed by atoms with Gasteiger partial charge in [0, 0.05) is 0 Å². The van der Waals surface area contributed by atoms with Gasteiger partial charge in [0.2, 0.25) is 0 Å². The van der Waals surface area contributed by atoms with Crippen LogP contribution in [0.15, 0.2) is 54.6 Å². The molecule has 0 saturated carbocycles. The van der Waals surface area contributed by atoms with E-state index in [0.29, 0.717) is 30.8 Å². The minimum Gasteiger partial charge on any atom is -0.488 e. The average molecular weight is 379 g/mol.